The Bertz CT molecular complexity index is 1290. The van der Waals surface area contributed by atoms with E-state index in [2.05, 4.69) is 10.1 Å². The molecule has 0 aromatic heterocycles. The molecule has 1 fully saturated rings. The number of ether oxygens (including phenoxy) is 3. The van der Waals surface area contributed by atoms with Crippen LogP contribution in [0.25, 0.3) is 0 Å². The molecule has 1 saturated heterocycles. The second-order valence-electron chi connectivity index (χ2n) is 11.0. The van der Waals surface area contributed by atoms with Crippen molar-refractivity contribution >= 4 is 17.5 Å². The third-order valence-corrected chi connectivity index (χ3v) is 7.68. The summed E-state index contributed by atoms with van der Waals surface area (Å²) in [6.07, 6.45) is 3.01. The lowest BCUT2D eigenvalue weighted by atomic mass is 9.75. The highest BCUT2D eigenvalue weighted by Crippen LogP contribution is 2.39. The van der Waals surface area contributed by atoms with Crippen LogP contribution in [0.1, 0.15) is 78.7 Å². The number of rotatable bonds is 11. The molecule has 8 heteroatoms. The SMILES string of the molecule is CC1=C(C(CCCCC2=NOC(C)(C)O2)c2ccc(OCCN3CCOCC3)cc2)C(=O)c2ccccc2C1=O. The number of nitrogens with zero attached hydrogens (tertiary/aromatic N) is 2. The predicted molar refractivity (Wildman–Crippen MR) is 152 cm³/mol. The summed E-state index contributed by atoms with van der Waals surface area (Å²) in [5, 5.41) is 4.04. The van der Waals surface area contributed by atoms with Crippen molar-refractivity contribution in [2.75, 3.05) is 39.5 Å². The number of oxime groups is 1. The van der Waals surface area contributed by atoms with Gasteiger partial charge in [-0.3, -0.25) is 14.5 Å². The summed E-state index contributed by atoms with van der Waals surface area (Å²) in [5.74, 6) is 0.291. The van der Waals surface area contributed by atoms with E-state index in [-0.39, 0.29) is 17.5 Å². The van der Waals surface area contributed by atoms with Crippen molar-refractivity contribution < 1.29 is 28.6 Å². The first-order chi connectivity index (χ1) is 19.3. The molecular formula is C32H38N2O6. The van der Waals surface area contributed by atoms with Gasteiger partial charge in [0.15, 0.2) is 11.6 Å². The molecule has 1 unspecified atom stereocenters. The minimum atomic E-state index is -0.728. The van der Waals surface area contributed by atoms with Crippen molar-refractivity contribution in [3.05, 3.63) is 76.4 Å². The first-order valence-electron chi connectivity index (χ1n) is 14.2. The molecule has 0 N–H and O–H groups in total. The second kappa shape index (κ2) is 12.4. The van der Waals surface area contributed by atoms with Gasteiger partial charge < -0.3 is 19.0 Å². The Morgan fingerprint density at radius 2 is 1.68 bits per heavy atom. The van der Waals surface area contributed by atoms with Crippen LogP contribution in [0.15, 0.2) is 64.8 Å². The van der Waals surface area contributed by atoms with E-state index < -0.39 is 5.79 Å². The largest absolute Gasteiger partial charge is 0.492 e. The Morgan fingerprint density at radius 1 is 0.975 bits per heavy atom. The third-order valence-electron chi connectivity index (χ3n) is 7.68. The summed E-state index contributed by atoms with van der Waals surface area (Å²) in [7, 11) is 0. The molecule has 2 aliphatic heterocycles. The number of carbonyl (C=O) groups excluding carboxylic acids is 2. The van der Waals surface area contributed by atoms with E-state index in [0.29, 0.717) is 47.6 Å². The van der Waals surface area contributed by atoms with Crippen LogP contribution >= 0.6 is 0 Å². The van der Waals surface area contributed by atoms with Gasteiger partial charge in [-0.15, -0.1) is 0 Å². The van der Waals surface area contributed by atoms with Crippen molar-refractivity contribution in [1.82, 2.24) is 4.90 Å². The number of allylic oxidation sites excluding steroid dienone is 2. The fourth-order valence-corrected chi connectivity index (χ4v) is 5.53. The first-order valence-corrected chi connectivity index (χ1v) is 14.2. The molecule has 0 radical (unpaired) electrons. The standard InChI is InChI=1S/C32H38N2O6/c1-22-29(31(36)27-10-5-4-9-26(27)30(22)35)25(8-6-7-11-28-33-40-32(2,3)39-28)23-12-14-24(15-13-23)38-21-18-34-16-19-37-20-17-34/h4-5,9-10,12-15,25H,6-8,11,16-21H2,1-3H3. The lowest BCUT2D eigenvalue weighted by Gasteiger charge is -2.27. The monoisotopic (exact) mass is 546 g/mol. The summed E-state index contributed by atoms with van der Waals surface area (Å²) in [6.45, 7) is 10.3. The van der Waals surface area contributed by atoms with Crippen LogP contribution in [0.3, 0.4) is 0 Å². The summed E-state index contributed by atoms with van der Waals surface area (Å²) in [6, 6.07) is 15.1. The van der Waals surface area contributed by atoms with Crippen LogP contribution in [-0.2, 0) is 14.3 Å². The van der Waals surface area contributed by atoms with Gasteiger partial charge in [0.25, 0.3) is 5.79 Å². The Morgan fingerprint density at radius 3 is 2.35 bits per heavy atom. The van der Waals surface area contributed by atoms with Gasteiger partial charge in [-0.1, -0.05) is 42.8 Å². The summed E-state index contributed by atoms with van der Waals surface area (Å²) >= 11 is 0. The zero-order valence-electron chi connectivity index (χ0n) is 23.6. The molecule has 212 valence electrons. The number of morpholine rings is 1. The lowest BCUT2D eigenvalue weighted by Crippen LogP contribution is -2.38. The molecular weight excluding hydrogens is 508 g/mol. The number of carbonyl (C=O) groups is 2. The number of unbranched alkanes of at least 4 members (excludes halogenated alkanes) is 1. The number of hydrogen-bond donors (Lipinski definition) is 0. The van der Waals surface area contributed by atoms with Crippen molar-refractivity contribution in [1.29, 1.82) is 0 Å². The zero-order chi connectivity index (χ0) is 28.1. The van der Waals surface area contributed by atoms with Gasteiger partial charge in [-0.05, 0) is 42.6 Å². The van der Waals surface area contributed by atoms with Crippen LogP contribution < -0.4 is 4.74 Å². The quantitative estimate of drug-likeness (QED) is 0.342. The smallest absolute Gasteiger partial charge is 0.271 e. The van der Waals surface area contributed by atoms with Crippen molar-refractivity contribution in [3.8, 4) is 5.75 Å². The van der Waals surface area contributed by atoms with E-state index in [0.717, 1.165) is 57.0 Å². The Kier molecular flexibility index (Phi) is 8.66. The molecule has 3 aliphatic rings. The maximum atomic E-state index is 13.8. The minimum Gasteiger partial charge on any atom is -0.492 e. The molecule has 0 spiro atoms. The van der Waals surface area contributed by atoms with Crippen molar-refractivity contribution in [2.45, 2.75) is 58.2 Å². The number of benzene rings is 2. The highest BCUT2D eigenvalue weighted by Gasteiger charge is 2.35. The van der Waals surface area contributed by atoms with Crippen LogP contribution in [-0.4, -0.2) is 67.6 Å². The van der Waals surface area contributed by atoms with Crippen molar-refractivity contribution in [2.24, 2.45) is 5.16 Å². The maximum absolute atomic E-state index is 13.8. The van der Waals surface area contributed by atoms with Gasteiger partial charge >= 0.3 is 0 Å². The van der Waals surface area contributed by atoms with Crippen LogP contribution in [0.4, 0.5) is 0 Å². The maximum Gasteiger partial charge on any atom is 0.271 e. The van der Waals surface area contributed by atoms with E-state index in [1.807, 2.05) is 44.2 Å². The molecule has 1 atom stereocenters. The summed E-state index contributed by atoms with van der Waals surface area (Å²) in [5.41, 5.74) is 3.07. The minimum absolute atomic E-state index is 0.0674. The molecule has 8 nitrogen and oxygen atoms in total. The van der Waals surface area contributed by atoms with E-state index in [4.69, 9.17) is 19.0 Å². The zero-order valence-corrected chi connectivity index (χ0v) is 23.6. The van der Waals surface area contributed by atoms with Gasteiger partial charge in [0.1, 0.15) is 12.4 Å². The average Bonchev–Trinajstić information content (AvgIpc) is 3.32. The molecule has 2 aromatic rings. The van der Waals surface area contributed by atoms with Gasteiger partial charge in [0, 0.05) is 68.1 Å². The molecule has 0 bridgehead atoms. The third kappa shape index (κ3) is 6.45. The molecule has 2 heterocycles. The topological polar surface area (TPSA) is 86.7 Å². The van der Waals surface area contributed by atoms with Crippen LogP contribution in [0.5, 0.6) is 5.75 Å². The Balaban J connectivity index is 1.30. The van der Waals surface area contributed by atoms with Gasteiger partial charge in [0.2, 0.25) is 5.90 Å². The van der Waals surface area contributed by atoms with Crippen molar-refractivity contribution in [3.63, 3.8) is 0 Å². The highest BCUT2D eigenvalue weighted by molar-refractivity contribution is 6.27. The van der Waals surface area contributed by atoms with E-state index in [1.165, 1.54) is 0 Å². The van der Waals surface area contributed by atoms with E-state index in [1.54, 1.807) is 25.1 Å². The van der Waals surface area contributed by atoms with Gasteiger partial charge in [-0.2, -0.15) is 0 Å². The normalized spacial score (nSPS) is 19.5. The van der Waals surface area contributed by atoms with Crippen LogP contribution in [0.2, 0.25) is 0 Å². The second-order valence-corrected chi connectivity index (χ2v) is 11.0. The Labute approximate surface area is 235 Å². The number of ketones is 2. The summed E-state index contributed by atoms with van der Waals surface area (Å²) in [4.78, 5) is 34.7. The average molecular weight is 547 g/mol. The fraction of sp³-hybridized carbons (Fsp3) is 0.469. The van der Waals surface area contributed by atoms with E-state index >= 15 is 0 Å². The molecule has 40 heavy (non-hydrogen) atoms. The number of fused-ring (bicyclic) bond motifs is 1. The molecule has 1 aliphatic carbocycles. The Hall–Kier alpha value is -3.49. The molecule has 2 aromatic carbocycles. The van der Waals surface area contributed by atoms with E-state index in [9.17, 15) is 9.59 Å². The molecule has 0 amide bonds. The van der Waals surface area contributed by atoms with Gasteiger partial charge in [0.05, 0.1) is 13.2 Å². The predicted octanol–water partition coefficient (Wildman–Crippen LogP) is 5.53. The molecule has 0 saturated carbocycles. The number of Topliss-reactive ketones (excluding diaryl/α,β-unsaturated/α-hetero) is 2. The molecule has 5 rings (SSSR count). The first kappa shape index (κ1) is 28.1. The highest BCUT2D eigenvalue weighted by atomic mass is 16.8. The van der Waals surface area contributed by atoms with Gasteiger partial charge in [-0.25, -0.2) is 0 Å². The number of hydrogen-bond acceptors (Lipinski definition) is 8. The van der Waals surface area contributed by atoms with Crippen LogP contribution in [0, 0.1) is 0 Å². The fourth-order valence-electron chi connectivity index (χ4n) is 5.53. The lowest BCUT2D eigenvalue weighted by molar-refractivity contribution is -0.129. The summed E-state index contributed by atoms with van der Waals surface area (Å²) < 4.78 is 17.1.